The second kappa shape index (κ2) is 17.3. The third kappa shape index (κ3) is 9.58. The number of methoxy groups -OCH3 is 2. The summed E-state index contributed by atoms with van der Waals surface area (Å²) in [6.45, 7) is 9.01. The van der Waals surface area contributed by atoms with Gasteiger partial charge in [0.1, 0.15) is 11.5 Å². The van der Waals surface area contributed by atoms with Crippen molar-refractivity contribution in [3.63, 3.8) is 0 Å². The molecule has 1 atom stereocenters. The minimum Gasteiger partial charge on any atom is -0.496 e. The summed E-state index contributed by atoms with van der Waals surface area (Å²) in [6.07, 6.45) is 4.47. The molecule has 0 saturated carbocycles. The van der Waals surface area contributed by atoms with E-state index in [1.165, 1.54) is 18.4 Å². The van der Waals surface area contributed by atoms with Crippen LogP contribution in [0.3, 0.4) is 0 Å². The van der Waals surface area contributed by atoms with E-state index in [4.69, 9.17) is 14.6 Å². The number of alkyl halides is 4. The number of rotatable bonds is 13. The lowest BCUT2D eigenvalue weighted by atomic mass is 9.71. The smallest absolute Gasteiger partial charge is 0.303 e. The first kappa shape index (κ1) is 40.9. The zero-order valence-electron chi connectivity index (χ0n) is 31.5. The van der Waals surface area contributed by atoms with Crippen LogP contribution in [0.5, 0.6) is 11.5 Å². The van der Waals surface area contributed by atoms with Gasteiger partial charge in [0.15, 0.2) is 0 Å². The molecule has 5 rings (SSSR count). The van der Waals surface area contributed by atoms with Crippen LogP contribution in [0.2, 0.25) is 0 Å². The number of nitrogens with one attached hydrogen (secondary N) is 1. The van der Waals surface area contributed by atoms with Gasteiger partial charge in [-0.3, -0.25) is 14.6 Å². The minimum atomic E-state index is -2.92. The maximum Gasteiger partial charge on any atom is 0.303 e. The SMILES string of the molecule is C=C(NCC)C1(C(C)(F)F)CCN(CC(C)(F)F)CC1.COc1cc(C2CCCCN2C)cc(OC)c1-c1cccc2c(CCC(=O)O)cccc12. The predicted molar refractivity (Wildman–Crippen MR) is 200 cm³/mol. The van der Waals surface area contributed by atoms with Crippen molar-refractivity contribution in [3.8, 4) is 22.6 Å². The van der Waals surface area contributed by atoms with Crippen LogP contribution >= 0.6 is 0 Å². The average molecular weight is 730 g/mol. The van der Waals surface area contributed by atoms with Crippen LogP contribution in [0, 0.1) is 5.41 Å². The van der Waals surface area contributed by atoms with Gasteiger partial charge in [0.2, 0.25) is 0 Å². The van der Waals surface area contributed by atoms with Gasteiger partial charge in [0, 0.05) is 38.6 Å². The van der Waals surface area contributed by atoms with E-state index >= 15 is 0 Å². The van der Waals surface area contributed by atoms with Crippen LogP contribution in [0.1, 0.15) is 76.5 Å². The van der Waals surface area contributed by atoms with E-state index in [-0.39, 0.29) is 38.9 Å². The summed E-state index contributed by atoms with van der Waals surface area (Å²) < 4.78 is 65.8. The molecule has 2 fully saturated rings. The summed E-state index contributed by atoms with van der Waals surface area (Å²) >= 11 is 0. The summed E-state index contributed by atoms with van der Waals surface area (Å²) in [5.41, 5.74) is 3.17. The molecule has 0 spiro atoms. The molecule has 2 N–H and O–H groups in total. The monoisotopic (exact) mass is 729 g/mol. The summed E-state index contributed by atoms with van der Waals surface area (Å²) in [6, 6.07) is 16.9. The third-order valence-corrected chi connectivity index (χ3v) is 10.6. The summed E-state index contributed by atoms with van der Waals surface area (Å²) in [7, 11) is 5.59. The number of halogens is 4. The summed E-state index contributed by atoms with van der Waals surface area (Å²) in [5.74, 6) is -4.92. The highest BCUT2D eigenvalue weighted by Gasteiger charge is 2.53. The molecule has 3 aromatic carbocycles. The maximum atomic E-state index is 14.0. The number of nitrogens with zero attached hydrogens (tertiary/aromatic N) is 2. The molecule has 52 heavy (non-hydrogen) atoms. The molecule has 0 amide bonds. The van der Waals surface area contributed by atoms with Gasteiger partial charge in [-0.05, 0) is 105 Å². The lowest BCUT2D eigenvalue weighted by Gasteiger charge is -2.46. The van der Waals surface area contributed by atoms with E-state index in [0.29, 0.717) is 24.7 Å². The third-order valence-electron chi connectivity index (χ3n) is 10.6. The Bertz CT molecular complexity index is 1650. The number of allylic oxidation sites excluding steroid dienone is 1. The zero-order valence-corrected chi connectivity index (χ0v) is 31.5. The molecule has 1 unspecified atom stereocenters. The average Bonchev–Trinajstić information content (AvgIpc) is 3.09. The van der Waals surface area contributed by atoms with Crippen molar-refractivity contribution in [2.45, 2.75) is 83.6 Å². The highest BCUT2D eigenvalue weighted by Crippen LogP contribution is 2.49. The molecule has 2 aliphatic heterocycles. The Labute approximate surface area is 306 Å². The van der Waals surface area contributed by atoms with Crippen LogP contribution in [-0.4, -0.2) is 86.7 Å². The zero-order chi connectivity index (χ0) is 38.3. The minimum absolute atomic E-state index is 0.111. The van der Waals surface area contributed by atoms with Gasteiger partial charge in [-0.15, -0.1) is 0 Å². The lowest BCUT2D eigenvalue weighted by molar-refractivity contribution is -0.137. The first-order valence-corrected chi connectivity index (χ1v) is 18.2. The van der Waals surface area contributed by atoms with Crippen molar-refractivity contribution < 1.29 is 36.9 Å². The van der Waals surface area contributed by atoms with Gasteiger partial charge < -0.3 is 19.9 Å². The highest BCUT2D eigenvalue weighted by molar-refractivity contribution is 6.01. The molecule has 11 heteroatoms. The number of carbonyl (C=O) groups is 1. The van der Waals surface area contributed by atoms with Crippen molar-refractivity contribution in [1.29, 1.82) is 0 Å². The number of aryl methyl sites for hydroxylation is 1. The molecule has 7 nitrogen and oxygen atoms in total. The Balaban J connectivity index is 0.000000261. The number of hydrogen-bond donors (Lipinski definition) is 2. The van der Waals surface area contributed by atoms with Crippen LogP contribution < -0.4 is 14.8 Å². The van der Waals surface area contributed by atoms with Gasteiger partial charge >= 0.3 is 5.97 Å². The van der Waals surface area contributed by atoms with Crippen molar-refractivity contribution in [2.75, 3.05) is 54.0 Å². The molecular weight excluding hydrogens is 674 g/mol. The van der Waals surface area contributed by atoms with E-state index in [2.05, 4.69) is 54.2 Å². The molecule has 0 aliphatic carbocycles. The first-order valence-electron chi connectivity index (χ1n) is 18.2. The summed E-state index contributed by atoms with van der Waals surface area (Å²) in [4.78, 5) is 15.1. The van der Waals surface area contributed by atoms with Crippen molar-refractivity contribution >= 4 is 16.7 Å². The largest absolute Gasteiger partial charge is 0.496 e. The van der Waals surface area contributed by atoms with Crippen molar-refractivity contribution in [2.24, 2.45) is 5.41 Å². The van der Waals surface area contributed by atoms with E-state index < -0.39 is 23.2 Å². The lowest BCUT2D eigenvalue weighted by Crippen LogP contribution is -2.53. The number of likely N-dealkylation sites (tertiary alicyclic amines) is 2. The quantitative estimate of drug-likeness (QED) is 0.170. The Hall–Kier alpha value is -3.83. The number of ether oxygens (including phenoxy) is 2. The second-order valence-electron chi connectivity index (χ2n) is 14.3. The Morgan fingerprint density at radius 3 is 2.13 bits per heavy atom. The molecule has 0 bridgehead atoms. The molecule has 0 aromatic heterocycles. The van der Waals surface area contributed by atoms with E-state index in [1.54, 1.807) is 19.1 Å². The van der Waals surface area contributed by atoms with E-state index in [9.17, 15) is 22.4 Å². The number of carboxylic acids is 1. The molecule has 0 radical (unpaired) electrons. The van der Waals surface area contributed by atoms with Gasteiger partial charge in [0.05, 0.1) is 31.7 Å². The van der Waals surface area contributed by atoms with Gasteiger partial charge in [-0.25, -0.2) is 17.6 Å². The van der Waals surface area contributed by atoms with Crippen LogP contribution in [0.4, 0.5) is 17.6 Å². The molecule has 286 valence electrons. The standard InChI is InChI=1S/C27H31NO4.C14H24F4N2/c1-28-15-5-4-12-23(28)19-16-24(31-2)27(25(17-19)32-3)22-11-7-9-20-18(13-14-26(29)30)8-6-10-21(20)22;1-5-19-11(2)14(13(4,17)18)6-8-20(9-7-14)10-12(3,15)16/h6-11,16-17,23H,4-5,12-15H2,1-3H3,(H,29,30);19H,2,5-10H2,1,3-4H3. The number of carboxylic acid groups (broad SMARTS) is 1. The van der Waals surface area contributed by atoms with Gasteiger partial charge in [-0.1, -0.05) is 49.4 Å². The van der Waals surface area contributed by atoms with Crippen LogP contribution in [0.25, 0.3) is 21.9 Å². The van der Waals surface area contributed by atoms with Gasteiger partial charge in [0.25, 0.3) is 11.8 Å². The fourth-order valence-electron chi connectivity index (χ4n) is 7.81. The molecule has 2 heterocycles. The van der Waals surface area contributed by atoms with E-state index in [0.717, 1.165) is 65.8 Å². The molecule has 2 aliphatic rings. The molecular formula is C41H55F4N3O4. The Morgan fingerprint density at radius 2 is 1.60 bits per heavy atom. The number of piperidine rings is 2. The fraction of sp³-hybridized carbons (Fsp3) is 0.537. The normalized spacial score (nSPS) is 18.3. The number of fused-ring (bicyclic) bond motifs is 1. The van der Waals surface area contributed by atoms with Crippen LogP contribution in [-0.2, 0) is 11.2 Å². The molecule has 3 aromatic rings. The number of benzene rings is 3. The molecule has 2 saturated heterocycles. The highest BCUT2D eigenvalue weighted by atomic mass is 19.3. The Kier molecular flexibility index (Phi) is 13.6. The second-order valence-corrected chi connectivity index (χ2v) is 14.3. The Morgan fingerprint density at radius 1 is 0.981 bits per heavy atom. The number of hydrogen-bond acceptors (Lipinski definition) is 6. The van der Waals surface area contributed by atoms with E-state index in [1.807, 2.05) is 25.1 Å². The summed E-state index contributed by atoms with van der Waals surface area (Å²) in [5, 5.41) is 14.1. The number of aliphatic carboxylic acids is 1. The predicted octanol–water partition coefficient (Wildman–Crippen LogP) is 9.20. The van der Waals surface area contributed by atoms with Crippen molar-refractivity contribution in [1.82, 2.24) is 15.1 Å². The first-order chi connectivity index (χ1) is 24.5. The van der Waals surface area contributed by atoms with Gasteiger partial charge in [-0.2, -0.15) is 0 Å². The van der Waals surface area contributed by atoms with Crippen molar-refractivity contribution in [3.05, 3.63) is 71.9 Å². The fourth-order valence-corrected chi connectivity index (χ4v) is 7.81. The van der Waals surface area contributed by atoms with Crippen LogP contribution in [0.15, 0.2) is 60.8 Å². The maximum absolute atomic E-state index is 14.0. The topological polar surface area (TPSA) is 74.3 Å².